The fourth-order valence-corrected chi connectivity index (χ4v) is 3.17. The predicted octanol–water partition coefficient (Wildman–Crippen LogP) is 1.70. The first kappa shape index (κ1) is 21.1. The summed E-state index contributed by atoms with van der Waals surface area (Å²) in [5, 5.41) is 3.24. The molecule has 0 aliphatic carbocycles. The summed E-state index contributed by atoms with van der Waals surface area (Å²) in [4.78, 5) is 21.8. The third kappa shape index (κ3) is 5.38. The highest BCUT2D eigenvalue weighted by atomic mass is 19.1. The van der Waals surface area contributed by atoms with E-state index < -0.39 is 17.7 Å². The van der Waals surface area contributed by atoms with E-state index in [9.17, 15) is 13.6 Å². The minimum atomic E-state index is -0.566. The molecule has 1 heterocycles. The first-order chi connectivity index (χ1) is 12.8. The summed E-state index contributed by atoms with van der Waals surface area (Å²) in [5.41, 5.74) is 0.0310. The van der Waals surface area contributed by atoms with E-state index in [1.165, 1.54) is 18.2 Å². The Morgan fingerprint density at radius 2 is 1.74 bits per heavy atom. The number of carbonyl (C=O) groups is 1. The van der Waals surface area contributed by atoms with Crippen LogP contribution in [0.2, 0.25) is 0 Å². The largest absolute Gasteiger partial charge is 0.357 e. The van der Waals surface area contributed by atoms with E-state index in [0.29, 0.717) is 38.7 Å². The summed E-state index contributed by atoms with van der Waals surface area (Å²) in [6, 6.07) is 3.39. The number of nitrogens with one attached hydrogen (secondary N) is 1. The van der Waals surface area contributed by atoms with Crippen molar-refractivity contribution in [2.24, 2.45) is 4.99 Å². The van der Waals surface area contributed by atoms with Crippen LogP contribution >= 0.6 is 0 Å². The van der Waals surface area contributed by atoms with Crippen LogP contribution in [-0.4, -0.2) is 79.9 Å². The topological polar surface area (TPSA) is 51.2 Å². The highest BCUT2D eigenvalue weighted by molar-refractivity contribution is 5.80. The highest BCUT2D eigenvalue weighted by Crippen LogP contribution is 2.25. The van der Waals surface area contributed by atoms with Crippen molar-refractivity contribution in [3.63, 3.8) is 0 Å². The van der Waals surface area contributed by atoms with Crippen LogP contribution < -0.4 is 5.32 Å². The smallest absolute Gasteiger partial charge is 0.219 e. The number of benzene rings is 1. The van der Waals surface area contributed by atoms with Crippen molar-refractivity contribution in [3.8, 4) is 0 Å². The lowest BCUT2D eigenvalue weighted by atomic mass is 10.0. The van der Waals surface area contributed by atoms with Gasteiger partial charge in [-0.15, -0.1) is 0 Å². The Bertz CT molecular complexity index is 652. The number of hydrogen-bond acceptors (Lipinski definition) is 3. The van der Waals surface area contributed by atoms with Crippen LogP contribution in [0.3, 0.4) is 0 Å². The van der Waals surface area contributed by atoms with E-state index >= 15 is 0 Å². The van der Waals surface area contributed by atoms with Gasteiger partial charge in [-0.1, -0.05) is 6.07 Å². The fourth-order valence-electron chi connectivity index (χ4n) is 3.17. The van der Waals surface area contributed by atoms with Crippen LogP contribution in [0.1, 0.15) is 25.5 Å². The SMILES string of the molecule is CCNC(=NCC(c1c(F)cccc1F)N(C)C)N1CCN(C(C)=O)CC1. The minimum Gasteiger partial charge on any atom is -0.357 e. The molecule has 0 radical (unpaired) electrons. The molecule has 1 atom stereocenters. The van der Waals surface area contributed by atoms with Gasteiger partial charge >= 0.3 is 0 Å². The van der Waals surface area contributed by atoms with Crippen molar-refractivity contribution in [1.82, 2.24) is 20.0 Å². The van der Waals surface area contributed by atoms with Gasteiger partial charge in [0, 0.05) is 45.2 Å². The Labute approximate surface area is 159 Å². The van der Waals surface area contributed by atoms with Crippen LogP contribution in [0.15, 0.2) is 23.2 Å². The molecule has 1 aliphatic rings. The Morgan fingerprint density at radius 3 is 2.22 bits per heavy atom. The van der Waals surface area contributed by atoms with Gasteiger partial charge in [0.2, 0.25) is 5.91 Å². The monoisotopic (exact) mass is 381 g/mol. The van der Waals surface area contributed by atoms with Gasteiger partial charge in [-0.2, -0.15) is 0 Å². The van der Waals surface area contributed by atoms with E-state index in [-0.39, 0.29) is 18.0 Å². The summed E-state index contributed by atoms with van der Waals surface area (Å²) in [7, 11) is 3.56. The molecular weight excluding hydrogens is 352 g/mol. The average Bonchev–Trinajstić information content (AvgIpc) is 2.62. The molecule has 1 saturated heterocycles. The molecule has 0 aromatic heterocycles. The molecule has 1 fully saturated rings. The first-order valence-electron chi connectivity index (χ1n) is 9.24. The number of aliphatic imine (C=N–C) groups is 1. The molecule has 2 rings (SSSR count). The highest BCUT2D eigenvalue weighted by Gasteiger charge is 2.24. The van der Waals surface area contributed by atoms with Gasteiger partial charge < -0.3 is 20.0 Å². The summed E-state index contributed by atoms with van der Waals surface area (Å²) < 4.78 is 28.5. The van der Waals surface area contributed by atoms with Gasteiger partial charge in [0.05, 0.1) is 12.6 Å². The molecule has 1 N–H and O–H groups in total. The summed E-state index contributed by atoms with van der Waals surface area (Å²) in [6.45, 7) is 7.07. The maximum atomic E-state index is 14.2. The second-order valence-corrected chi connectivity index (χ2v) is 6.80. The Balaban J connectivity index is 2.17. The number of carbonyl (C=O) groups excluding carboxylic acids is 1. The van der Waals surface area contributed by atoms with E-state index in [2.05, 4.69) is 15.2 Å². The molecule has 1 aromatic rings. The van der Waals surface area contributed by atoms with Crippen molar-refractivity contribution >= 4 is 11.9 Å². The molecule has 1 aromatic carbocycles. The van der Waals surface area contributed by atoms with Crippen molar-refractivity contribution in [2.45, 2.75) is 19.9 Å². The lowest BCUT2D eigenvalue weighted by Gasteiger charge is -2.36. The second kappa shape index (κ2) is 9.64. The van der Waals surface area contributed by atoms with Crippen LogP contribution in [-0.2, 0) is 4.79 Å². The quantitative estimate of drug-likeness (QED) is 0.623. The summed E-state index contributed by atoms with van der Waals surface area (Å²) in [6.07, 6.45) is 0. The van der Waals surface area contributed by atoms with Crippen LogP contribution in [0.4, 0.5) is 8.78 Å². The minimum absolute atomic E-state index is 0.0310. The third-order valence-corrected chi connectivity index (χ3v) is 4.73. The lowest BCUT2D eigenvalue weighted by Crippen LogP contribution is -2.53. The zero-order valence-corrected chi connectivity index (χ0v) is 16.5. The Kier molecular flexibility index (Phi) is 7.53. The standard InChI is InChI=1S/C19H29F2N5O/c1-5-22-19(26-11-9-25(10-12-26)14(2)27)23-13-17(24(3)4)18-15(20)7-6-8-16(18)21/h6-8,17H,5,9-13H2,1-4H3,(H,22,23). The maximum Gasteiger partial charge on any atom is 0.219 e. The van der Waals surface area contributed by atoms with Crippen LogP contribution in [0.25, 0.3) is 0 Å². The normalized spacial score (nSPS) is 16.6. The van der Waals surface area contributed by atoms with Crippen molar-refractivity contribution in [2.75, 3.05) is 53.4 Å². The van der Waals surface area contributed by atoms with Gasteiger partial charge in [0.15, 0.2) is 5.96 Å². The number of amides is 1. The van der Waals surface area contributed by atoms with Gasteiger partial charge in [0.25, 0.3) is 0 Å². The van der Waals surface area contributed by atoms with Gasteiger partial charge in [-0.25, -0.2) is 8.78 Å². The summed E-state index contributed by atoms with van der Waals surface area (Å²) in [5.74, 6) is -0.364. The lowest BCUT2D eigenvalue weighted by molar-refractivity contribution is -0.130. The zero-order valence-electron chi connectivity index (χ0n) is 16.5. The van der Waals surface area contributed by atoms with Crippen molar-refractivity contribution in [3.05, 3.63) is 35.4 Å². The fraction of sp³-hybridized carbons (Fsp3) is 0.579. The molecule has 6 nitrogen and oxygen atoms in total. The molecular formula is C19H29F2N5O. The maximum absolute atomic E-state index is 14.2. The summed E-state index contributed by atoms with van der Waals surface area (Å²) >= 11 is 0. The number of piperazine rings is 1. The molecule has 0 bridgehead atoms. The average molecular weight is 381 g/mol. The number of hydrogen-bond donors (Lipinski definition) is 1. The Morgan fingerprint density at radius 1 is 1.19 bits per heavy atom. The number of likely N-dealkylation sites (N-methyl/N-ethyl adjacent to an activating group) is 1. The molecule has 0 spiro atoms. The van der Waals surface area contributed by atoms with Crippen LogP contribution in [0.5, 0.6) is 0 Å². The van der Waals surface area contributed by atoms with E-state index in [1.807, 2.05) is 6.92 Å². The van der Waals surface area contributed by atoms with Crippen molar-refractivity contribution in [1.29, 1.82) is 0 Å². The zero-order chi connectivity index (χ0) is 20.0. The number of nitrogens with zero attached hydrogens (tertiary/aromatic N) is 4. The van der Waals surface area contributed by atoms with Crippen LogP contribution in [0, 0.1) is 11.6 Å². The van der Waals surface area contributed by atoms with E-state index in [0.717, 1.165) is 0 Å². The number of guanidine groups is 1. The number of rotatable bonds is 5. The molecule has 1 unspecified atom stereocenters. The first-order valence-corrected chi connectivity index (χ1v) is 9.24. The molecule has 8 heteroatoms. The molecule has 0 saturated carbocycles. The molecule has 1 amide bonds. The number of halogens is 2. The predicted molar refractivity (Wildman–Crippen MR) is 103 cm³/mol. The van der Waals surface area contributed by atoms with Gasteiger partial charge in [-0.05, 0) is 33.2 Å². The molecule has 27 heavy (non-hydrogen) atoms. The Hall–Kier alpha value is -2.22. The van der Waals surface area contributed by atoms with E-state index in [1.54, 1.807) is 30.8 Å². The van der Waals surface area contributed by atoms with Gasteiger partial charge in [0.1, 0.15) is 11.6 Å². The second-order valence-electron chi connectivity index (χ2n) is 6.80. The molecule has 150 valence electrons. The van der Waals surface area contributed by atoms with E-state index in [4.69, 9.17) is 0 Å². The third-order valence-electron chi connectivity index (χ3n) is 4.73. The molecule has 1 aliphatic heterocycles. The van der Waals surface area contributed by atoms with Gasteiger partial charge in [-0.3, -0.25) is 9.79 Å². The van der Waals surface area contributed by atoms with Crippen molar-refractivity contribution < 1.29 is 13.6 Å².